The third kappa shape index (κ3) is 1.86. The molecule has 2 rings (SSSR count). The summed E-state index contributed by atoms with van der Waals surface area (Å²) in [5.41, 5.74) is 3.26. The van der Waals surface area contributed by atoms with Crippen molar-refractivity contribution in [3.63, 3.8) is 0 Å². The Labute approximate surface area is 93.2 Å². The highest BCUT2D eigenvalue weighted by atomic mass is 15.2. The van der Waals surface area contributed by atoms with Crippen molar-refractivity contribution in [2.75, 3.05) is 0 Å². The van der Waals surface area contributed by atoms with E-state index in [1.54, 1.807) is 0 Å². The van der Waals surface area contributed by atoms with E-state index in [2.05, 4.69) is 30.4 Å². The van der Waals surface area contributed by atoms with Gasteiger partial charge in [-0.3, -0.25) is 0 Å². The molecule has 0 spiro atoms. The zero-order chi connectivity index (χ0) is 11.7. The Morgan fingerprint density at radius 3 is 1.19 bits per heavy atom. The maximum absolute atomic E-state index is 4.28. The van der Waals surface area contributed by atoms with Crippen LogP contribution in [0.5, 0.6) is 0 Å². The predicted octanol–water partition coefficient (Wildman–Crippen LogP) is 0.957. The lowest BCUT2D eigenvalue weighted by atomic mass is 10.3. The van der Waals surface area contributed by atoms with Crippen LogP contribution < -0.4 is 0 Å². The van der Waals surface area contributed by atoms with Crippen molar-refractivity contribution in [1.82, 2.24) is 30.4 Å². The van der Waals surface area contributed by atoms with Gasteiger partial charge in [-0.25, -0.2) is 9.97 Å². The topological polar surface area (TPSA) is 77.3 Å². The van der Waals surface area contributed by atoms with E-state index < -0.39 is 0 Å². The fraction of sp³-hybridized carbons (Fsp3) is 0.400. The Balaban J connectivity index is 2.50. The van der Waals surface area contributed by atoms with Gasteiger partial charge in [0.2, 0.25) is 11.6 Å². The number of rotatable bonds is 1. The maximum atomic E-state index is 4.28. The van der Waals surface area contributed by atoms with Gasteiger partial charge in [-0.05, 0) is 27.7 Å². The molecule has 2 aromatic rings. The van der Waals surface area contributed by atoms with Gasteiger partial charge in [-0.1, -0.05) is 0 Å². The zero-order valence-corrected chi connectivity index (χ0v) is 9.68. The Morgan fingerprint density at radius 2 is 0.875 bits per heavy atom. The summed E-state index contributed by atoms with van der Waals surface area (Å²) in [5, 5.41) is 15.9. The van der Waals surface area contributed by atoms with Gasteiger partial charge in [0.15, 0.2) is 0 Å². The number of hydrogen-bond acceptors (Lipinski definition) is 6. The molecule has 0 saturated carbocycles. The molecule has 0 aliphatic heterocycles. The van der Waals surface area contributed by atoms with Crippen LogP contribution in [0.25, 0.3) is 11.6 Å². The van der Waals surface area contributed by atoms with E-state index in [0.29, 0.717) is 11.6 Å². The molecule has 6 heteroatoms. The van der Waals surface area contributed by atoms with Crippen LogP contribution in [-0.2, 0) is 0 Å². The van der Waals surface area contributed by atoms with Crippen LogP contribution in [-0.4, -0.2) is 30.4 Å². The average molecular weight is 216 g/mol. The lowest BCUT2D eigenvalue weighted by Crippen LogP contribution is -2.04. The minimum Gasteiger partial charge on any atom is -0.227 e. The SMILES string of the molecule is Cc1nnc(-c2nnc(C)c(C)n2)nc1C. The molecule has 0 atom stereocenters. The van der Waals surface area contributed by atoms with Crippen LogP contribution in [0.2, 0.25) is 0 Å². The van der Waals surface area contributed by atoms with Crippen molar-refractivity contribution in [2.45, 2.75) is 27.7 Å². The van der Waals surface area contributed by atoms with E-state index in [-0.39, 0.29) is 0 Å². The third-order valence-corrected chi connectivity index (χ3v) is 2.38. The molecule has 0 aliphatic carbocycles. The van der Waals surface area contributed by atoms with Crippen molar-refractivity contribution >= 4 is 0 Å². The minimum atomic E-state index is 0.415. The molecule has 82 valence electrons. The highest BCUT2D eigenvalue weighted by Crippen LogP contribution is 2.09. The Morgan fingerprint density at radius 1 is 0.500 bits per heavy atom. The van der Waals surface area contributed by atoms with Crippen molar-refractivity contribution in [3.05, 3.63) is 22.8 Å². The average Bonchev–Trinajstić information content (AvgIpc) is 2.26. The van der Waals surface area contributed by atoms with Gasteiger partial charge in [0.25, 0.3) is 0 Å². The van der Waals surface area contributed by atoms with Crippen LogP contribution in [0, 0.1) is 27.7 Å². The molecule has 0 aromatic carbocycles. The van der Waals surface area contributed by atoms with E-state index in [1.165, 1.54) is 0 Å². The Kier molecular flexibility index (Phi) is 2.55. The predicted molar refractivity (Wildman–Crippen MR) is 57.6 cm³/mol. The van der Waals surface area contributed by atoms with Crippen molar-refractivity contribution in [1.29, 1.82) is 0 Å². The van der Waals surface area contributed by atoms with E-state index in [0.717, 1.165) is 22.8 Å². The molecule has 0 bridgehead atoms. The van der Waals surface area contributed by atoms with E-state index >= 15 is 0 Å². The number of aromatic nitrogens is 6. The first kappa shape index (κ1) is 10.5. The molecule has 0 aliphatic rings. The lowest BCUT2D eigenvalue weighted by molar-refractivity contribution is 0.850. The summed E-state index contributed by atoms with van der Waals surface area (Å²) < 4.78 is 0. The van der Waals surface area contributed by atoms with Gasteiger partial charge in [0, 0.05) is 0 Å². The summed E-state index contributed by atoms with van der Waals surface area (Å²) in [6.07, 6.45) is 0. The smallest absolute Gasteiger partial charge is 0.221 e. The third-order valence-electron chi connectivity index (χ3n) is 2.38. The van der Waals surface area contributed by atoms with Crippen LogP contribution in [0.1, 0.15) is 22.8 Å². The molecular formula is C10H12N6. The van der Waals surface area contributed by atoms with Crippen molar-refractivity contribution < 1.29 is 0 Å². The van der Waals surface area contributed by atoms with Gasteiger partial charge in [-0.2, -0.15) is 10.2 Å². The summed E-state index contributed by atoms with van der Waals surface area (Å²) >= 11 is 0. The van der Waals surface area contributed by atoms with Crippen molar-refractivity contribution in [3.8, 4) is 11.6 Å². The highest BCUT2D eigenvalue weighted by Gasteiger charge is 2.09. The standard InChI is InChI=1S/C10H12N6/c1-5-7(3)13-15-9(11-5)10-12-6(2)8(4)14-16-10/h1-4H3. The monoisotopic (exact) mass is 216 g/mol. The molecule has 16 heavy (non-hydrogen) atoms. The van der Waals surface area contributed by atoms with Crippen LogP contribution in [0.3, 0.4) is 0 Å². The fourth-order valence-corrected chi connectivity index (χ4v) is 1.10. The molecule has 0 radical (unpaired) electrons. The molecule has 0 unspecified atom stereocenters. The maximum Gasteiger partial charge on any atom is 0.221 e. The first-order valence-electron chi connectivity index (χ1n) is 4.94. The van der Waals surface area contributed by atoms with E-state index in [9.17, 15) is 0 Å². The van der Waals surface area contributed by atoms with Gasteiger partial charge in [-0.15, -0.1) is 10.2 Å². The van der Waals surface area contributed by atoms with Crippen LogP contribution in [0.15, 0.2) is 0 Å². The second-order valence-electron chi connectivity index (χ2n) is 3.61. The first-order valence-corrected chi connectivity index (χ1v) is 4.94. The second-order valence-corrected chi connectivity index (χ2v) is 3.61. The lowest BCUT2D eigenvalue weighted by Gasteiger charge is -2.02. The summed E-state index contributed by atoms with van der Waals surface area (Å²) in [6.45, 7) is 7.47. The van der Waals surface area contributed by atoms with Gasteiger partial charge in [0.1, 0.15) is 0 Å². The Bertz CT molecular complexity index is 487. The molecule has 0 amide bonds. The summed E-state index contributed by atoms with van der Waals surface area (Å²) in [6, 6.07) is 0. The molecular weight excluding hydrogens is 204 g/mol. The number of aryl methyl sites for hydroxylation is 4. The van der Waals surface area contributed by atoms with Crippen LogP contribution >= 0.6 is 0 Å². The quantitative estimate of drug-likeness (QED) is 0.706. The fourth-order valence-electron chi connectivity index (χ4n) is 1.10. The second kappa shape index (κ2) is 3.88. The number of hydrogen-bond donors (Lipinski definition) is 0. The molecule has 6 nitrogen and oxygen atoms in total. The summed E-state index contributed by atoms with van der Waals surface area (Å²) in [7, 11) is 0. The van der Waals surface area contributed by atoms with E-state index in [1.807, 2.05) is 27.7 Å². The highest BCUT2D eigenvalue weighted by molar-refractivity contribution is 5.41. The largest absolute Gasteiger partial charge is 0.227 e. The van der Waals surface area contributed by atoms with Gasteiger partial charge < -0.3 is 0 Å². The van der Waals surface area contributed by atoms with Crippen molar-refractivity contribution in [2.24, 2.45) is 0 Å². The summed E-state index contributed by atoms with van der Waals surface area (Å²) in [5.74, 6) is 0.831. The molecule has 0 fully saturated rings. The van der Waals surface area contributed by atoms with Gasteiger partial charge >= 0.3 is 0 Å². The minimum absolute atomic E-state index is 0.415. The van der Waals surface area contributed by atoms with Gasteiger partial charge in [0.05, 0.1) is 22.8 Å². The zero-order valence-electron chi connectivity index (χ0n) is 9.68. The molecule has 0 saturated heterocycles. The first-order chi connectivity index (χ1) is 7.58. The number of nitrogens with zero attached hydrogens (tertiary/aromatic N) is 6. The molecule has 0 N–H and O–H groups in total. The normalized spacial score (nSPS) is 10.5. The van der Waals surface area contributed by atoms with Crippen LogP contribution in [0.4, 0.5) is 0 Å². The molecule has 2 heterocycles. The van der Waals surface area contributed by atoms with E-state index in [4.69, 9.17) is 0 Å². The Hall–Kier alpha value is -1.98. The summed E-state index contributed by atoms with van der Waals surface area (Å²) in [4.78, 5) is 8.55. The molecule has 2 aromatic heterocycles.